The second-order valence-electron chi connectivity index (χ2n) is 4.95. The molecule has 120 valence electrons. The normalized spacial score (nSPS) is 11.1. The predicted octanol–water partition coefficient (Wildman–Crippen LogP) is 2.96. The Balaban J connectivity index is 2.67. The zero-order valence-electron chi connectivity index (χ0n) is 13.3. The van der Waals surface area contributed by atoms with Crippen LogP contribution in [0.25, 0.3) is 0 Å². The number of allylic oxidation sites excluding steroid dienone is 1. The van der Waals surface area contributed by atoms with E-state index in [0.717, 1.165) is 37.5 Å². The van der Waals surface area contributed by atoms with Gasteiger partial charge in [-0.15, -0.1) is 6.58 Å². The van der Waals surface area contributed by atoms with Gasteiger partial charge in [0.05, 0.1) is 11.5 Å². The summed E-state index contributed by atoms with van der Waals surface area (Å²) in [6, 6.07) is 6.49. The van der Waals surface area contributed by atoms with Crippen LogP contribution in [0.5, 0.6) is 0 Å². The molecular weight excluding hydrogens is 280 g/mol. The summed E-state index contributed by atoms with van der Waals surface area (Å²) in [5.74, 6) is 0.838. The summed E-state index contributed by atoms with van der Waals surface area (Å²) in [5, 5.41) is 13.9. The van der Waals surface area contributed by atoms with Crippen LogP contribution in [-0.4, -0.2) is 35.9 Å². The minimum absolute atomic E-state index is 0.0983. The number of unbranched alkanes of at least 4 members (excludes halogenated alkanes) is 1. The molecule has 0 unspecified atom stereocenters. The zero-order chi connectivity index (χ0) is 16.4. The fourth-order valence-electron chi connectivity index (χ4n) is 1.94. The number of nitrogens with one attached hydrogen (secondary N) is 1. The van der Waals surface area contributed by atoms with Crippen molar-refractivity contribution in [2.75, 3.05) is 20.1 Å². The molecule has 1 aromatic rings. The molecule has 0 saturated carbocycles. The minimum atomic E-state index is -0.398. The standard InChI is InChI=1S/C16H24N4O2/c1-4-6-7-12-19(3)16(17-5-2)18-13-14-8-10-15(11-9-14)20(21)22/h4,8-11H,1,5-7,12-13H2,2-3H3,(H,17,18). The van der Waals surface area contributed by atoms with Crippen LogP contribution in [0.15, 0.2) is 41.9 Å². The number of rotatable bonds is 8. The number of benzene rings is 1. The van der Waals surface area contributed by atoms with Crippen molar-refractivity contribution < 1.29 is 4.92 Å². The molecule has 0 bridgehead atoms. The van der Waals surface area contributed by atoms with Crippen LogP contribution in [0, 0.1) is 10.1 Å². The van der Waals surface area contributed by atoms with Crippen LogP contribution >= 0.6 is 0 Å². The molecule has 0 aliphatic heterocycles. The largest absolute Gasteiger partial charge is 0.357 e. The Hall–Kier alpha value is -2.37. The van der Waals surface area contributed by atoms with E-state index in [2.05, 4.69) is 21.8 Å². The quantitative estimate of drug-likeness (QED) is 0.200. The molecule has 22 heavy (non-hydrogen) atoms. The van der Waals surface area contributed by atoms with Gasteiger partial charge in [-0.1, -0.05) is 18.2 Å². The van der Waals surface area contributed by atoms with Gasteiger partial charge in [0.25, 0.3) is 5.69 Å². The first-order valence-electron chi connectivity index (χ1n) is 7.42. The average Bonchev–Trinajstić information content (AvgIpc) is 2.52. The first-order chi connectivity index (χ1) is 10.6. The van der Waals surface area contributed by atoms with E-state index < -0.39 is 4.92 Å². The van der Waals surface area contributed by atoms with E-state index in [-0.39, 0.29) is 5.69 Å². The first-order valence-corrected chi connectivity index (χ1v) is 7.42. The Morgan fingerprint density at radius 2 is 2.14 bits per heavy atom. The lowest BCUT2D eigenvalue weighted by Gasteiger charge is -2.21. The summed E-state index contributed by atoms with van der Waals surface area (Å²) < 4.78 is 0. The third-order valence-corrected chi connectivity index (χ3v) is 3.16. The first kappa shape index (κ1) is 17.7. The minimum Gasteiger partial charge on any atom is -0.357 e. The molecule has 0 fully saturated rings. The van der Waals surface area contributed by atoms with Crippen molar-refractivity contribution in [3.8, 4) is 0 Å². The molecule has 0 amide bonds. The van der Waals surface area contributed by atoms with Crippen LogP contribution in [0.4, 0.5) is 5.69 Å². The van der Waals surface area contributed by atoms with Gasteiger partial charge in [-0.2, -0.15) is 0 Å². The summed E-state index contributed by atoms with van der Waals surface area (Å²) in [6.07, 6.45) is 3.92. The molecule has 0 saturated heterocycles. The fourth-order valence-corrected chi connectivity index (χ4v) is 1.94. The van der Waals surface area contributed by atoms with E-state index in [0.29, 0.717) is 6.54 Å². The van der Waals surface area contributed by atoms with Crippen molar-refractivity contribution >= 4 is 11.6 Å². The maximum atomic E-state index is 10.6. The molecule has 0 aliphatic rings. The lowest BCUT2D eigenvalue weighted by molar-refractivity contribution is -0.384. The topological polar surface area (TPSA) is 70.8 Å². The Morgan fingerprint density at radius 3 is 2.68 bits per heavy atom. The molecule has 1 N–H and O–H groups in total. The third-order valence-electron chi connectivity index (χ3n) is 3.16. The van der Waals surface area contributed by atoms with Crippen molar-refractivity contribution in [2.24, 2.45) is 4.99 Å². The molecule has 0 radical (unpaired) electrons. The predicted molar refractivity (Wildman–Crippen MR) is 90.0 cm³/mol. The summed E-state index contributed by atoms with van der Waals surface area (Å²) in [7, 11) is 2.00. The van der Waals surface area contributed by atoms with Crippen LogP contribution in [0.1, 0.15) is 25.3 Å². The van der Waals surface area contributed by atoms with E-state index in [1.54, 1.807) is 12.1 Å². The van der Waals surface area contributed by atoms with Gasteiger partial charge < -0.3 is 10.2 Å². The van der Waals surface area contributed by atoms with Gasteiger partial charge in [-0.3, -0.25) is 10.1 Å². The van der Waals surface area contributed by atoms with Crippen LogP contribution in [0.2, 0.25) is 0 Å². The van der Waals surface area contributed by atoms with Crippen molar-refractivity contribution in [2.45, 2.75) is 26.3 Å². The fraction of sp³-hybridized carbons (Fsp3) is 0.438. The van der Waals surface area contributed by atoms with E-state index in [1.165, 1.54) is 12.1 Å². The smallest absolute Gasteiger partial charge is 0.269 e. The maximum absolute atomic E-state index is 10.6. The monoisotopic (exact) mass is 304 g/mol. The molecule has 0 aliphatic carbocycles. The van der Waals surface area contributed by atoms with Gasteiger partial charge in [0.1, 0.15) is 0 Å². The highest BCUT2D eigenvalue weighted by molar-refractivity contribution is 5.79. The maximum Gasteiger partial charge on any atom is 0.269 e. The van der Waals surface area contributed by atoms with Gasteiger partial charge in [-0.05, 0) is 25.3 Å². The average molecular weight is 304 g/mol. The highest BCUT2D eigenvalue weighted by Gasteiger charge is 2.06. The number of aliphatic imine (C=N–C) groups is 1. The van der Waals surface area contributed by atoms with Crippen molar-refractivity contribution in [3.63, 3.8) is 0 Å². The second-order valence-corrected chi connectivity index (χ2v) is 4.95. The number of nitrogens with zero attached hydrogens (tertiary/aromatic N) is 3. The van der Waals surface area contributed by atoms with Crippen LogP contribution in [0.3, 0.4) is 0 Å². The highest BCUT2D eigenvalue weighted by Crippen LogP contribution is 2.12. The van der Waals surface area contributed by atoms with Gasteiger partial charge >= 0.3 is 0 Å². The Kier molecular flexibility index (Phi) is 7.67. The molecule has 0 aromatic heterocycles. The Labute approximate surface area is 131 Å². The Morgan fingerprint density at radius 1 is 1.45 bits per heavy atom. The van der Waals surface area contributed by atoms with Gasteiger partial charge in [0.2, 0.25) is 0 Å². The van der Waals surface area contributed by atoms with Gasteiger partial charge in [0.15, 0.2) is 5.96 Å². The SMILES string of the molecule is C=CCCCN(C)C(=NCc1ccc([N+](=O)[O-])cc1)NCC. The molecular formula is C16H24N4O2. The number of non-ortho nitro benzene ring substituents is 1. The van der Waals surface area contributed by atoms with Gasteiger partial charge in [0, 0.05) is 32.3 Å². The molecule has 6 heteroatoms. The van der Waals surface area contributed by atoms with Crippen molar-refractivity contribution in [1.29, 1.82) is 0 Å². The summed E-state index contributed by atoms with van der Waals surface area (Å²) in [5.41, 5.74) is 1.04. The summed E-state index contributed by atoms with van der Waals surface area (Å²) in [6.45, 7) is 7.94. The van der Waals surface area contributed by atoms with Crippen molar-refractivity contribution in [3.05, 3.63) is 52.6 Å². The molecule has 0 spiro atoms. The lowest BCUT2D eigenvalue weighted by Crippen LogP contribution is -2.39. The van der Waals surface area contributed by atoms with Crippen LogP contribution < -0.4 is 5.32 Å². The summed E-state index contributed by atoms with van der Waals surface area (Å²) >= 11 is 0. The van der Waals surface area contributed by atoms with E-state index in [1.807, 2.05) is 20.0 Å². The number of hydrogen-bond donors (Lipinski definition) is 1. The number of nitro benzene ring substituents is 1. The molecule has 0 heterocycles. The molecule has 6 nitrogen and oxygen atoms in total. The lowest BCUT2D eigenvalue weighted by atomic mass is 10.2. The number of guanidine groups is 1. The molecule has 1 rings (SSSR count). The zero-order valence-corrected chi connectivity index (χ0v) is 13.3. The summed E-state index contributed by atoms with van der Waals surface area (Å²) in [4.78, 5) is 16.9. The van der Waals surface area contributed by atoms with Gasteiger partial charge in [-0.25, -0.2) is 4.99 Å². The highest BCUT2D eigenvalue weighted by atomic mass is 16.6. The van der Waals surface area contributed by atoms with Crippen molar-refractivity contribution in [1.82, 2.24) is 10.2 Å². The van der Waals surface area contributed by atoms with E-state index in [9.17, 15) is 10.1 Å². The van der Waals surface area contributed by atoms with E-state index >= 15 is 0 Å². The molecule has 0 atom stereocenters. The number of hydrogen-bond acceptors (Lipinski definition) is 3. The Bertz CT molecular complexity index is 511. The number of nitro groups is 1. The van der Waals surface area contributed by atoms with E-state index in [4.69, 9.17) is 0 Å². The third kappa shape index (κ3) is 5.95. The molecule has 1 aromatic carbocycles. The second kappa shape index (κ2) is 9.55. The van der Waals surface area contributed by atoms with Crippen LogP contribution in [-0.2, 0) is 6.54 Å².